The van der Waals surface area contributed by atoms with Crippen molar-refractivity contribution in [2.75, 3.05) is 7.11 Å². The lowest BCUT2D eigenvalue weighted by molar-refractivity contribution is -0.146. The van der Waals surface area contributed by atoms with E-state index in [0.717, 1.165) is 6.42 Å². The van der Waals surface area contributed by atoms with Crippen molar-refractivity contribution in [3.63, 3.8) is 0 Å². The topological polar surface area (TPSA) is 57.7 Å². The second-order valence-corrected chi connectivity index (χ2v) is 7.29. The highest BCUT2D eigenvalue weighted by atomic mass is 35.5. The SMILES string of the molecule is COc1cccc2c1OC1(CCCC1C(=O)Cc1c(Cl)cncc1Cl)O2. The van der Waals surface area contributed by atoms with E-state index in [-0.39, 0.29) is 12.2 Å². The predicted octanol–water partition coefficient (Wildman–Crippen LogP) is 4.48. The van der Waals surface area contributed by atoms with Gasteiger partial charge >= 0.3 is 0 Å². The zero-order chi connectivity index (χ0) is 18.3. The second-order valence-electron chi connectivity index (χ2n) is 6.47. The first-order valence-electron chi connectivity index (χ1n) is 8.39. The van der Waals surface area contributed by atoms with Crippen LogP contribution < -0.4 is 14.2 Å². The summed E-state index contributed by atoms with van der Waals surface area (Å²) < 4.78 is 17.6. The smallest absolute Gasteiger partial charge is 0.261 e. The molecule has 2 unspecified atom stereocenters. The lowest BCUT2D eigenvalue weighted by Crippen LogP contribution is -2.46. The van der Waals surface area contributed by atoms with Crippen molar-refractivity contribution in [1.29, 1.82) is 0 Å². The highest BCUT2D eigenvalue weighted by Gasteiger charge is 2.55. The van der Waals surface area contributed by atoms with Crippen LogP contribution in [0.5, 0.6) is 17.2 Å². The van der Waals surface area contributed by atoms with Gasteiger partial charge in [0.1, 0.15) is 5.78 Å². The molecule has 2 heterocycles. The highest BCUT2D eigenvalue weighted by Crippen LogP contribution is 2.53. The van der Waals surface area contributed by atoms with Gasteiger partial charge in [0.15, 0.2) is 11.5 Å². The second kappa shape index (κ2) is 6.63. The van der Waals surface area contributed by atoms with E-state index in [1.54, 1.807) is 7.11 Å². The first kappa shape index (κ1) is 17.4. The third-order valence-electron chi connectivity index (χ3n) is 4.96. The van der Waals surface area contributed by atoms with Crippen LogP contribution in [0.2, 0.25) is 10.0 Å². The molecule has 1 aliphatic carbocycles. The number of Topliss-reactive ketones (excluding diaryl/α,β-unsaturated/α-hetero) is 1. The quantitative estimate of drug-likeness (QED) is 0.766. The standard InChI is InChI=1S/C19H17Cl2NO4/c1-24-16-5-2-6-17-18(16)26-19(25-17)7-3-4-12(19)15(23)8-11-13(20)9-22-10-14(11)21/h2,5-6,9-10,12H,3-4,7-8H2,1H3. The van der Waals surface area contributed by atoms with E-state index in [0.29, 0.717) is 45.7 Å². The van der Waals surface area contributed by atoms with Gasteiger partial charge in [0.2, 0.25) is 5.75 Å². The van der Waals surface area contributed by atoms with E-state index in [1.807, 2.05) is 18.2 Å². The molecule has 5 nitrogen and oxygen atoms in total. The highest BCUT2D eigenvalue weighted by molar-refractivity contribution is 6.36. The number of methoxy groups -OCH3 is 1. The lowest BCUT2D eigenvalue weighted by Gasteiger charge is -2.28. The minimum Gasteiger partial charge on any atom is -0.493 e. The van der Waals surface area contributed by atoms with Crippen molar-refractivity contribution in [1.82, 2.24) is 4.98 Å². The number of nitrogens with zero attached hydrogens (tertiary/aromatic N) is 1. The molecule has 1 aliphatic heterocycles. The fourth-order valence-electron chi connectivity index (χ4n) is 3.72. The summed E-state index contributed by atoms with van der Waals surface area (Å²) in [6.07, 6.45) is 5.26. The number of fused-ring (bicyclic) bond motifs is 1. The molecule has 1 aromatic carbocycles. The van der Waals surface area contributed by atoms with Gasteiger partial charge in [-0.2, -0.15) is 0 Å². The van der Waals surface area contributed by atoms with Crippen LogP contribution in [0.1, 0.15) is 24.8 Å². The molecule has 1 fully saturated rings. The largest absolute Gasteiger partial charge is 0.493 e. The van der Waals surface area contributed by atoms with E-state index in [4.69, 9.17) is 37.4 Å². The summed E-state index contributed by atoms with van der Waals surface area (Å²) >= 11 is 12.3. The number of hydrogen-bond acceptors (Lipinski definition) is 5. The summed E-state index contributed by atoms with van der Waals surface area (Å²) in [6.45, 7) is 0. The summed E-state index contributed by atoms with van der Waals surface area (Å²) in [7, 11) is 1.58. The van der Waals surface area contributed by atoms with Gasteiger partial charge in [0.25, 0.3) is 5.79 Å². The van der Waals surface area contributed by atoms with E-state index >= 15 is 0 Å². The maximum atomic E-state index is 13.1. The number of pyridine rings is 1. The van der Waals surface area contributed by atoms with Gasteiger partial charge < -0.3 is 14.2 Å². The first-order valence-corrected chi connectivity index (χ1v) is 9.15. The van der Waals surface area contributed by atoms with E-state index in [1.165, 1.54) is 12.4 Å². The van der Waals surface area contributed by atoms with E-state index in [9.17, 15) is 4.79 Å². The fourth-order valence-corrected chi connectivity index (χ4v) is 4.22. The number of carbonyl (C=O) groups excluding carboxylic acids is 1. The summed E-state index contributed by atoms with van der Waals surface area (Å²) in [4.78, 5) is 17.0. The predicted molar refractivity (Wildman–Crippen MR) is 97.3 cm³/mol. The number of para-hydroxylation sites is 1. The number of rotatable bonds is 4. The molecule has 4 rings (SSSR count). The maximum Gasteiger partial charge on any atom is 0.261 e. The molecule has 2 aromatic rings. The van der Waals surface area contributed by atoms with E-state index in [2.05, 4.69) is 4.98 Å². The van der Waals surface area contributed by atoms with Crippen LogP contribution in [-0.4, -0.2) is 23.7 Å². The Labute approximate surface area is 161 Å². The monoisotopic (exact) mass is 393 g/mol. The summed E-state index contributed by atoms with van der Waals surface area (Å²) in [5.41, 5.74) is 0.587. The van der Waals surface area contributed by atoms with Gasteiger partial charge in [-0.1, -0.05) is 29.3 Å². The molecule has 2 atom stereocenters. The number of ether oxygens (including phenoxy) is 3. The third kappa shape index (κ3) is 2.79. The molecule has 7 heteroatoms. The molecule has 136 valence electrons. The van der Waals surface area contributed by atoms with Crippen molar-refractivity contribution in [3.8, 4) is 17.2 Å². The Morgan fingerprint density at radius 3 is 2.81 bits per heavy atom. The molecular weight excluding hydrogens is 377 g/mol. The number of benzene rings is 1. The van der Waals surface area contributed by atoms with Crippen LogP contribution in [0, 0.1) is 5.92 Å². The summed E-state index contributed by atoms with van der Waals surface area (Å²) in [5, 5.41) is 0.771. The average Bonchev–Trinajstić information content (AvgIpc) is 3.21. The summed E-state index contributed by atoms with van der Waals surface area (Å²) in [5.74, 6) is 0.348. The molecule has 0 saturated heterocycles. The molecule has 1 aromatic heterocycles. The zero-order valence-electron chi connectivity index (χ0n) is 14.1. The van der Waals surface area contributed by atoms with Crippen molar-refractivity contribution >= 4 is 29.0 Å². The molecule has 0 radical (unpaired) electrons. The van der Waals surface area contributed by atoms with Gasteiger partial charge in [-0.05, 0) is 30.5 Å². The fraction of sp³-hybridized carbons (Fsp3) is 0.368. The number of ketones is 1. The van der Waals surface area contributed by atoms with Crippen LogP contribution in [0.25, 0.3) is 0 Å². The molecule has 0 amide bonds. The van der Waals surface area contributed by atoms with Crippen molar-refractivity contribution in [3.05, 3.63) is 46.2 Å². The Morgan fingerprint density at radius 2 is 2.08 bits per heavy atom. The Bertz CT molecular complexity index is 852. The molecule has 1 saturated carbocycles. The van der Waals surface area contributed by atoms with Crippen molar-refractivity contribution < 1.29 is 19.0 Å². The van der Waals surface area contributed by atoms with Crippen molar-refractivity contribution in [2.24, 2.45) is 5.92 Å². The van der Waals surface area contributed by atoms with Gasteiger partial charge in [0, 0.05) is 25.2 Å². The minimum atomic E-state index is -0.986. The van der Waals surface area contributed by atoms with E-state index < -0.39 is 11.7 Å². The maximum absolute atomic E-state index is 13.1. The Kier molecular flexibility index (Phi) is 4.45. The van der Waals surface area contributed by atoms with Gasteiger partial charge in [-0.3, -0.25) is 9.78 Å². The number of halogens is 2. The number of hydrogen-bond donors (Lipinski definition) is 0. The third-order valence-corrected chi connectivity index (χ3v) is 5.61. The van der Waals surface area contributed by atoms with Crippen LogP contribution in [0.4, 0.5) is 0 Å². The summed E-state index contributed by atoms with van der Waals surface area (Å²) in [6, 6.07) is 5.47. The average molecular weight is 394 g/mol. The van der Waals surface area contributed by atoms with Crippen molar-refractivity contribution in [2.45, 2.75) is 31.5 Å². The zero-order valence-corrected chi connectivity index (χ0v) is 15.6. The molecule has 2 aliphatic rings. The molecule has 26 heavy (non-hydrogen) atoms. The number of carbonyl (C=O) groups is 1. The normalized spacial score (nSPS) is 23.4. The van der Waals surface area contributed by atoms with Crippen LogP contribution in [0.15, 0.2) is 30.6 Å². The Hall–Kier alpha value is -1.98. The first-order chi connectivity index (χ1) is 12.5. The van der Waals surface area contributed by atoms with Crippen LogP contribution >= 0.6 is 23.2 Å². The number of aromatic nitrogens is 1. The van der Waals surface area contributed by atoms with Crippen LogP contribution in [-0.2, 0) is 11.2 Å². The Balaban J connectivity index is 1.61. The molecular formula is C19H17Cl2NO4. The van der Waals surface area contributed by atoms with Gasteiger partial charge in [0.05, 0.1) is 23.1 Å². The van der Waals surface area contributed by atoms with Gasteiger partial charge in [-0.25, -0.2) is 0 Å². The molecule has 0 N–H and O–H groups in total. The lowest BCUT2D eigenvalue weighted by atomic mass is 9.92. The molecule has 1 spiro atoms. The minimum absolute atomic E-state index is 0.00993. The Morgan fingerprint density at radius 1 is 1.31 bits per heavy atom. The molecule has 0 bridgehead atoms. The van der Waals surface area contributed by atoms with Gasteiger partial charge in [-0.15, -0.1) is 0 Å². The van der Waals surface area contributed by atoms with Crippen LogP contribution in [0.3, 0.4) is 0 Å².